The van der Waals surface area contributed by atoms with Crippen LogP contribution in [0.4, 0.5) is 4.39 Å². The highest BCUT2D eigenvalue weighted by atomic mass is 79.9. The van der Waals surface area contributed by atoms with Gasteiger partial charge in [0.25, 0.3) is 0 Å². The maximum atomic E-state index is 13.5. The summed E-state index contributed by atoms with van der Waals surface area (Å²) in [5, 5.41) is 0.668. The van der Waals surface area contributed by atoms with Gasteiger partial charge in [-0.05, 0) is 41.5 Å². The van der Waals surface area contributed by atoms with Crippen LogP contribution in [-0.2, 0) is 6.42 Å². The molecule has 0 saturated carbocycles. The van der Waals surface area contributed by atoms with Gasteiger partial charge in [-0.15, -0.1) is 0 Å². The van der Waals surface area contributed by atoms with Crippen molar-refractivity contribution in [2.24, 2.45) is 0 Å². The van der Waals surface area contributed by atoms with Crippen molar-refractivity contribution in [2.45, 2.75) is 11.2 Å². The molecular formula is C15H10Br2ClFO. The predicted molar refractivity (Wildman–Crippen MR) is 85.5 cm³/mol. The number of alkyl halides is 1. The molecule has 0 spiro atoms. The molecule has 3 rings (SSSR count). The summed E-state index contributed by atoms with van der Waals surface area (Å²) in [6.07, 6.45) is 0.854. The van der Waals surface area contributed by atoms with Crippen molar-refractivity contribution in [1.82, 2.24) is 0 Å². The highest BCUT2D eigenvalue weighted by Crippen LogP contribution is 2.44. The predicted octanol–water partition coefficient (Wildman–Crippen LogP) is 5.66. The van der Waals surface area contributed by atoms with Crippen molar-refractivity contribution >= 4 is 43.5 Å². The van der Waals surface area contributed by atoms with Crippen LogP contribution in [-0.4, -0.2) is 6.61 Å². The Labute approximate surface area is 138 Å². The van der Waals surface area contributed by atoms with E-state index in [2.05, 4.69) is 31.9 Å². The van der Waals surface area contributed by atoms with E-state index in [9.17, 15) is 4.39 Å². The minimum atomic E-state index is -0.271. The van der Waals surface area contributed by atoms with E-state index in [4.69, 9.17) is 16.3 Å². The van der Waals surface area contributed by atoms with Crippen LogP contribution in [0, 0.1) is 5.82 Å². The molecule has 0 fully saturated rings. The average Bonchev–Trinajstić information content (AvgIpc) is 2.87. The second-order valence-corrected chi connectivity index (χ2v) is 6.82. The molecule has 104 valence electrons. The van der Waals surface area contributed by atoms with Gasteiger partial charge in [0.05, 0.1) is 11.4 Å². The first-order chi connectivity index (χ1) is 9.56. The van der Waals surface area contributed by atoms with Crippen LogP contribution in [0.25, 0.3) is 0 Å². The van der Waals surface area contributed by atoms with Crippen molar-refractivity contribution in [3.63, 3.8) is 0 Å². The number of ether oxygens (including phenoxy) is 1. The van der Waals surface area contributed by atoms with E-state index < -0.39 is 0 Å². The lowest BCUT2D eigenvalue weighted by atomic mass is 10.0. The van der Waals surface area contributed by atoms with Crippen molar-refractivity contribution in [2.75, 3.05) is 6.61 Å². The quantitative estimate of drug-likeness (QED) is 0.570. The summed E-state index contributed by atoms with van der Waals surface area (Å²) in [5.41, 5.74) is 2.84. The lowest BCUT2D eigenvalue weighted by molar-refractivity contribution is 0.354. The summed E-state index contributed by atoms with van der Waals surface area (Å²) in [7, 11) is 0. The molecule has 0 bridgehead atoms. The summed E-state index contributed by atoms with van der Waals surface area (Å²) >= 11 is 13.3. The van der Waals surface area contributed by atoms with Gasteiger partial charge < -0.3 is 4.74 Å². The fourth-order valence-corrected chi connectivity index (χ4v) is 4.11. The first-order valence-corrected chi connectivity index (χ1v) is 8.19. The van der Waals surface area contributed by atoms with E-state index in [-0.39, 0.29) is 10.6 Å². The molecular weight excluding hydrogens is 410 g/mol. The summed E-state index contributed by atoms with van der Waals surface area (Å²) in [6, 6.07) is 8.42. The molecule has 20 heavy (non-hydrogen) atoms. The molecule has 5 heteroatoms. The van der Waals surface area contributed by atoms with Gasteiger partial charge in [0.2, 0.25) is 0 Å². The van der Waals surface area contributed by atoms with Crippen LogP contribution in [0.1, 0.15) is 21.5 Å². The van der Waals surface area contributed by atoms with Crippen molar-refractivity contribution in [1.29, 1.82) is 0 Å². The van der Waals surface area contributed by atoms with Crippen LogP contribution < -0.4 is 4.74 Å². The Balaban J connectivity index is 2.11. The zero-order valence-corrected chi connectivity index (χ0v) is 14.2. The van der Waals surface area contributed by atoms with E-state index in [1.165, 1.54) is 12.1 Å². The Morgan fingerprint density at radius 3 is 2.80 bits per heavy atom. The topological polar surface area (TPSA) is 9.23 Å². The first-order valence-electron chi connectivity index (χ1n) is 6.10. The minimum Gasteiger partial charge on any atom is -0.493 e. The summed E-state index contributed by atoms with van der Waals surface area (Å²) in [4.78, 5) is -0.182. The molecule has 1 atom stereocenters. The number of hydrogen-bond acceptors (Lipinski definition) is 1. The van der Waals surface area contributed by atoms with Gasteiger partial charge in [0.15, 0.2) is 0 Å². The molecule has 1 aliphatic rings. The van der Waals surface area contributed by atoms with Crippen molar-refractivity contribution < 1.29 is 9.13 Å². The Kier molecular flexibility index (Phi) is 4.07. The van der Waals surface area contributed by atoms with Crippen LogP contribution in [0.2, 0.25) is 5.02 Å². The maximum absolute atomic E-state index is 13.5. The van der Waals surface area contributed by atoms with Crippen molar-refractivity contribution in [3.8, 4) is 5.75 Å². The van der Waals surface area contributed by atoms with Gasteiger partial charge in [-0.1, -0.05) is 43.5 Å². The van der Waals surface area contributed by atoms with Crippen LogP contribution in [0.15, 0.2) is 34.8 Å². The molecule has 1 nitrogen and oxygen atoms in total. The SMILES string of the molecule is Fc1ccc(Br)c(C(Br)c2cc(Cl)cc3c2OCC3)c1. The standard InChI is InChI=1S/C15H10Br2ClFO/c16-13-2-1-10(19)7-11(13)14(17)12-6-9(18)5-8-3-4-20-15(8)12/h1-2,5-7,14H,3-4H2. The van der Waals surface area contributed by atoms with E-state index >= 15 is 0 Å². The molecule has 1 heterocycles. The molecule has 2 aromatic carbocycles. The van der Waals surface area contributed by atoms with Gasteiger partial charge in [0.1, 0.15) is 11.6 Å². The van der Waals surface area contributed by atoms with Crippen LogP contribution in [0.3, 0.4) is 0 Å². The number of fused-ring (bicyclic) bond motifs is 1. The summed E-state index contributed by atoms with van der Waals surface area (Å²) < 4.78 is 20.0. The Morgan fingerprint density at radius 2 is 2.00 bits per heavy atom. The third-order valence-corrected chi connectivity index (χ3v) is 5.21. The average molecular weight is 421 g/mol. The molecule has 0 amide bonds. The monoisotopic (exact) mass is 418 g/mol. The summed E-state index contributed by atoms with van der Waals surface area (Å²) in [6.45, 7) is 0.659. The second kappa shape index (κ2) is 5.66. The minimum absolute atomic E-state index is 0.182. The van der Waals surface area contributed by atoms with Crippen LogP contribution >= 0.6 is 43.5 Å². The smallest absolute Gasteiger partial charge is 0.127 e. The fraction of sp³-hybridized carbons (Fsp3) is 0.200. The number of halogens is 4. The fourth-order valence-electron chi connectivity index (χ4n) is 2.36. The number of rotatable bonds is 2. The first kappa shape index (κ1) is 14.4. The van der Waals surface area contributed by atoms with Crippen LogP contribution in [0.5, 0.6) is 5.75 Å². The molecule has 1 aliphatic heterocycles. The van der Waals surface area contributed by atoms with E-state index in [1.807, 2.05) is 12.1 Å². The lowest BCUT2D eigenvalue weighted by Gasteiger charge is -2.16. The van der Waals surface area contributed by atoms with E-state index in [0.29, 0.717) is 11.6 Å². The molecule has 0 N–H and O–H groups in total. The van der Waals surface area contributed by atoms with Gasteiger partial charge in [-0.3, -0.25) is 0 Å². The summed E-state index contributed by atoms with van der Waals surface area (Å²) in [5.74, 6) is 0.583. The van der Waals surface area contributed by atoms with E-state index in [1.54, 1.807) is 6.07 Å². The van der Waals surface area contributed by atoms with Gasteiger partial charge in [0, 0.05) is 21.5 Å². The molecule has 0 radical (unpaired) electrons. The Morgan fingerprint density at radius 1 is 1.20 bits per heavy atom. The van der Waals surface area contributed by atoms with Gasteiger partial charge in [-0.25, -0.2) is 4.39 Å². The van der Waals surface area contributed by atoms with E-state index in [0.717, 1.165) is 33.3 Å². The number of hydrogen-bond donors (Lipinski definition) is 0. The molecule has 0 aromatic heterocycles. The second-order valence-electron chi connectivity index (χ2n) is 4.61. The Bertz CT molecular complexity index is 675. The number of benzene rings is 2. The molecule has 1 unspecified atom stereocenters. The highest BCUT2D eigenvalue weighted by Gasteiger charge is 2.24. The lowest BCUT2D eigenvalue weighted by Crippen LogP contribution is -1.99. The van der Waals surface area contributed by atoms with Crippen molar-refractivity contribution in [3.05, 3.63) is 62.3 Å². The maximum Gasteiger partial charge on any atom is 0.127 e. The third-order valence-electron chi connectivity index (χ3n) is 3.28. The largest absolute Gasteiger partial charge is 0.493 e. The Hall–Kier alpha value is -0.580. The molecule has 2 aromatic rings. The molecule has 0 aliphatic carbocycles. The normalized spacial score (nSPS) is 14.8. The zero-order valence-electron chi connectivity index (χ0n) is 10.3. The van der Waals surface area contributed by atoms with Gasteiger partial charge >= 0.3 is 0 Å². The third kappa shape index (κ3) is 2.61. The molecule has 0 saturated heterocycles. The zero-order chi connectivity index (χ0) is 14.3. The highest BCUT2D eigenvalue weighted by molar-refractivity contribution is 9.11. The van der Waals surface area contributed by atoms with Gasteiger partial charge in [-0.2, -0.15) is 0 Å².